The van der Waals surface area contributed by atoms with Crippen LogP contribution in [0.3, 0.4) is 0 Å². The minimum Gasteiger partial charge on any atom is -0.353 e. The van der Waals surface area contributed by atoms with E-state index in [4.69, 9.17) is 0 Å². The number of hydrogen-bond acceptors (Lipinski definition) is 4. The number of nitrogens with zero attached hydrogens (tertiary/aromatic N) is 4. The Hall–Kier alpha value is -2.37. The number of amides is 1. The van der Waals surface area contributed by atoms with Crippen LogP contribution in [-0.4, -0.2) is 39.7 Å². The molecule has 6 heteroatoms. The highest BCUT2D eigenvalue weighted by Crippen LogP contribution is 2.16. The number of pyridine rings is 1. The molecule has 19 heavy (non-hydrogen) atoms. The molecule has 0 bridgehead atoms. The van der Waals surface area contributed by atoms with Gasteiger partial charge in [-0.25, -0.2) is 0 Å². The van der Waals surface area contributed by atoms with Gasteiger partial charge in [0.15, 0.2) is 0 Å². The van der Waals surface area contributed by atoms with Crippen LogP contribution in [0.4, 0.5) is 11.4 Å². The third kappa shape index (κ3) is 3.09. The maximum Gasteiger partial charge on any atom is 0.272 e. The molecule has 0 saturated heterocycles. The molecular formula is C13H17N5O. The molecule has 2 heterocycles. The van der Waals surface area contributed by atoms with Crippen LogP contribution in [0.15, 0.2) is 30.7 Å². The van der Waals surface area contributed by atoms with Gasteiger partial charge in [-0.05, 0) is 19.1 Å². The number of aryl methyl sites for hydroxylation is 1. The number of hydrogen-bond donors (Lipinski definition) is 1. The lowest BCUT2D eigenvalue weighted by atomic mass is 10.3. The average Bonchev–Trinajstić information content (AvgIpc) is 2.85. The Morgan fingerprint density at radius 1 is 1.42 bits per heavy atom. The molecule has 6 nitrogen and oxygen atoms in total. The molecule has 0 aromatic carbocycles. The van der Waals surface area contributed by atoms with E-state index in [0.717, 1.165) is 17.9 Å². The van der Waals surface area contributed by atoms with Gasteiger partial charge in [-0.1, -0.05) is 0 Å². The van der Waals surface area contributed by atoms with Gasteiger partial charge in [-0.2, -0.15) is 5.10 Å². The lowest BCUT2D eigenvalue weighted by Crippen LogP contribution is -2.22. The second-order valence-corrected chi connectivity index (χ2v) is 4.34. The quantitative estimate of drug-likeness (QED) is 0.908. The summed E-state index contributed by atoms with van der Waals surface area (Å²) in [5, 5.41) is 7.38. The SMILES string of the molecule is CCn1cc(Nc2ccnc(C(=O)N(C)C)c2)cn1. The van der Waals surface area contributed by atoms with E-state index in [1.165, 1.54) is 4.90 Å². The van der Waals surface area contributed by atoms with Crippen LogP contribution in [0.5, 0.6) is 0 Å². The molecule has 2 aromatic rings. The topological polar surface area (TPSA) is 63.1 Å². The Morgan fingerprint density at radius 3 is 2.84 bits per heavy atom. The zero-order chi connectivity index (χ0) is 13.8. The van der Waals surface area contributed by atoms with Gasteiger partial charge in [0.05, 0.1) is 11.9 Å². The molecule has 0 spiro atoms. The molecular weight excluding hydrogens is 242 g/mol. The largest absolute Gasteiger partial charge is 0.353 e. The van der Waals surface area contributed by atoms with Crippen molar-refractivity contribution in [3.63, 3.8) is 0 Å². The second kappa shape index (κ2) is 5.51. The van der Waals surface area contributed by atoms with E-state index < -0.39 is 0 Å². The first-order valence-electron chi connectivity index (χ1n) is 6.07. The molecule has 0 aliphatic carbocycles. The molecule has 2 aromatic heterocycles. The van der Waals surface area contributed by atoms with Crippen LogP contribution in [0.2, 0.25) is 0 Å². The van der Waals surface area contributed by atoms with Crippen molar-refractivity contribution in [2.45, 2.75) is 13.5 Å². The highest BCUT2D eigenvalue weighted by atomic mass is 16.2. The first-order valence-corrected chi connectivity index (χ1v) is 6.07. The highest BCUT2D eigenvalue weighted by Gasteiger charge is 2.10. The Labute approximate surface area is 112 Å². The zero-order valence-electron chi connectivity index (χ0n) is 11.3. The number of rotatable bonds is 4. The summed E-state index contributed by atoms with van der Waals surface area (Å²) >= 11 is 0. The van der Waals surface area contributed by atoms with Gasteiger partial charge in [0, 0.05) is 38.7 Å². The molecule has 0 unspecified atom stereocenters. The molecule has 0 aliphatic heterocycles. The third-order valence-corrected chi connectivity index (χ3v) is 2.63. The average molecular weight is 259 g/mol. The van der Waals surface area contributed by atoms with Gasteiger partial charge >= 0.3 is 0 Å². The molecule has 0 atom stereocenters. The predicted octanol–water partition coefficient (Wildman–Crippen LogP) is 1.74. The van der Waals surface area contributed by atoms with E-state index in [1.807, 2.05) is 23.9 Å². The molecule has 1 N–H and O–H groups in total. The molecule has 100 valence electrons. The maximum atomic E-state index is 11.8. The van der Waals surface area contributed by atoms with E-state index in [0.29, 0.717) is 5.69 Å². The molecule has 2 rings (SSSR count). The number of nitrogens with one attached hydrogen (secondary N) is 1. The minimum atomic E-state index is -0.118. The summed E-state index contributed by atoms with van der Waals surface area (Å²) in [5.41, 5.74) is 2.12. The summed E-state index contributed by atoms with van der Waals surface area (Å²) in [6, 6.07) is 3.54. The fourth-order valence-electron chi connectivity index (χ4n) is 1.62. The lowest BCUT2D eigenvalue weighted by Gasteiger charge is -2.10. The van der Waals surface area contributed by atoms with E-state index in [1.54, 1.807) is 32.6 Å². The summed E-state index contributed by atoms with van der Waals surface area (Å²) in [7, 11) is 3.41. The van der Waals surface area contributed by atoms with Gasteiger partial charge < -0.3 is 10.2 Å². The van der Waals surface area contributed by atoms with Crippen LogP contribution < -0.4 is 5.32 Å². The second-order valence-electron chi connectivity index (χ2n) is 4.34. The van der Waals surface area contributed by atoms with Crippen molar-refractivity contribution in [1.29, 1.82) is 0 Å². The van der Waals surface area contributed by atoms with Crippen LogP contribution in [0.25, 0.3) is 0 Å². The summed E-state index contributed by atoms with van der Waals surface area (Å²) in [6.07, 6.45) is 5.27. The number of aromatic nitrogens is 3. The third-order valence-electron chi connectivity index (χ3n) is 2.63. The van der Waals surface area contributed by atoms with Crippen molar-refractivity contribution in [2.75, 3.05) is 19.4 Å². The van der Waals surface area contributed by atoms with E-state index >= 15 is 0 Å². The van der Waals surface area contributed by atoms with Crippen molar-refractivity contribution in [3.05, 3.63) is 36.4 Å². The Bertz CT molecular complexity index is 576. The molecule has 0 aliphatic rings. The maximum absolute atomic E-state index is 11.8. The van der Waals surface area contributed by atoms with Crippen molar-refractivity contribution < 1.29 is 4.79 Å². The van der Waals surface area contributed by atoms with Crippen LogP contribution in [0.1, 0.15) is 17.4 Å². The number of anilines is 2. The van der Waals surface area contributed by atoms with E-state index in [-0.39, 0.29) is 5.91 Å². The van der Waals surface area contributed by atoms with Gasteiger partial charge in [0.1, 0.15) is 5.69 Å². The van der Waals surface area contributed by atoms with Crippen LogP contribution in [0, 0.1) is 0 Å². The Kier molecular flexibility index (Phi) is 3.79. The van der Waals surface area contributed by atoms with Crippen LogP contribution in [-0.2, 0) is 6.54 Å². The van der Waals surface area contributed by atoms with Crippen molar-refractivity contribution in [2.24, 2.45) is 0 Å². The van der Waals surface area contributed by atoms with Crippen LogP contribution >= 0.6 is 0 Å². The lowest BCUT2D eigenvalue weighted by molar-refractivity contribution is 0.0822. The number of carbonyl (C=O) groups is 1. The Morgan fingerprint density at radius 2 is 2.21 bits per heavy atom. The van der Waals surface area contributed by atoms with Gasteiger partial charge in [-0.15, -0.1) is 0 Å². The van der Waals surface area contributed by atoms with Gasteiger partial charge in [-0.3, -0.25) is 14.5 Å². The molecule has 0 saturated carbocycles. The molecule has 1 amide bonds. The summed E-state index contributed by atoms with van der Waals surface area (Å²) in [5.74, 6) is -0.118. The zero-order valence-corrected chi connectivity index (χ0v) is 11.3. The van der Waals surface area contributed by atoms with Crippen molar-refractivity contribution in [3.8, 4) is 0 Å². The van der Waals surface area contributed by atoms with E-state index in [9.17, 15) is 4.79 Å². The van der Waals surface area contributed by atoms with Crippen molar-refractivity contribution in [1.82, 2.24) is 19.7 Å². The van der Waals surface area contributed by atoms with Gasteiger partial charge in [0.2, 0.25) is 0 Å². The molecule has 0 fully saturated rings. The van der Waals surface area contributed by atoms with E-state index in [2.05, 4.69) is 15.4 Å². The van der Waals surface area contributed by atoms with Gasteiger partial charge in [0.25, 0.3) is 5.91 Å². The fourth-order valence-corrected chi connectivity index (χ4v) is 1.62. The monoisotopic (exact) mass is 259 g/mol. The summed E-state index contributed by atoms with van der Waals surface area (Å²) in [4.78, 5) is 17.4. The summed E-state index contributed by atoms with van der Waals surface area (Å²) in [6.45, 7) is 2.85. The number of carbonyl (C=O) groups excluding carboxylic acids is 1. The highest BCUT2D eigenvalue weighted by molar-refractivity contribution is 5.92. The first kappa shape index (κ1) is 13.1. The normalized spacial score (nSPS) is 10.3. The standard InChI is InChI=1S/C13H17N5O/c1-4-18-9-11(8-15-18)16-10-5-6-14-12(7-10)13(19)17(2)3/h5-9H,4H2,1-3H3,(H,14,16). The minimum absolute atomic E-state index is 0.118. The molecule has 0 radical (unpaired) electrons. The fraction of sp³-hybridized carbons (Fsp3) is 0.308. The predicted molar refractivity (Wildman–Crippen MR) is 73.4 cm³/mol. The Balaban J connectivity index is 2.17. The first-order chi connectivity index (χ1) is 9.10. The smallest absolute Gasteiger partial charge is 0.272 e. The van der Waals surface area contributed by atoms with Crippen molar-refractivity contribution >= 4 is 17.3 Å². The summed E-state index contributed by atoms with van der Waals surface area (Å²) < 4.78 is 1.83.